The summed E-state index contributed by atoms with van der Waals surface area (Å²) in [6.45, 7) is 14.6. The third-order valence-electron chi connectivity index (χ3n) is 10.3. The number of unbranched alkanes of at least 4 members (excludes halogenated alkanes) is 22. The zero-order valence-corrected chi connectivity index (χ0v) is 69.5. The average Bonchev–Trinajstić information content (AvgIpc) is 3.28. The van der Waals surface area contributed by atoms with Gasteiger partial charge in [0, 0.05) is 0 Å². The Bertz CT molecular complexity index is 919. The molecule has 396 valence electrons. The van der Waals surface area contributed by atoms with Crippen molar-refractivity contribution in [3.63, 3.8) is 0 Å². The molecule has 0 rings (SSSR count). The summed E-state index contributed by atoms with van der Waals surface area (Å²) in [6.07, 6.45) is 39.4. The largest absolute Gasteiger partial charge is 0.813 e. The standard InChI is InChI=1S/2C10H20O2S.2C8H17.2C4H9.4CH3.O.2H2S.3S.6Sn.4H/c2*1-2-3-4-5-6-7-8-12-10(11)9-13;2*1-3-5-7-8-6-4-2;2*1-3-4-2;;;;;;;;;;;;;;;;;;;;/h2*13H,2-9H2,1H3;2*1,3-8H2,2H3;2*1,3-4H2,2H3;4*1H3;;2*1H2;;;;;;;;;;;;;/q;;;;;;;;;;;;;;;;;;4*+1;;;;/p-4. The van der Waals surface area contributed by atoms with Gasteiger partial charge in [-0.25, -0.2) is 0 Å². The van der Waals surface area contributed by atoms with Gasteiger partial charge in [-0.15, -0.1) is 0 Å². The zero-order chi connectivity index (χ0) is 48.6. The quantitative estimate of drug-likeness (QED) is 0.0192. The van der Waals surface area contributed by atoms with E-state index in [4.69, 9.17) is 29.5 Å². The summed E-state index contributed by atoms with van der Waals surface area (Å²) in [5.41, 5.74) is 0. The number of esters is 2. The van der Waals surface area contributed by atoms with Crippen LogP contribution in [-0.4, -0.2) is 149 Å². The van der Waals surface area contributed by atoms with Crippen LogP contribution in [0.3, 0.4) is 0 Å². The molecule has 0 aliphatic carbocycles. The van der Waals surface area contributed by atoms with Gasteiger partial charge in [-0.1, -0.05) is 0 Å². The first-order chi connectivity index (χ1) is 31.0. The van der Waals surface area contributed by atoms with Gasteiger partial charge in [-0.05, 0) is 0 Å². The fraction of sp³-hybridized carbons (Fsp3) is 0.958. The van der Waals surface area contributed by atoms with Crippen molar-refractivity contribution in [3.05, 3.63) is 0 Å². The third-order valence-corrected chi connectivity index (χ3v) is 102. The van der Waals surface area contributed by atoms with E-state index in [0.717, 1.165) is 25.7 Å². The minimum absolute atomic E-state index is 0. The van der Waals surface area contributed by atoms with Gasteiger partial charge in [0.25, 0.3) is 0 Å². The van der Waals surface area contributed by atoms with Gasteiger partial charge in [0.1, 0.15) is 0 Å². The van der Waals surface area contributed by atoms with Crippen molar-refractivity contribution in [2.45, 2.75) is 259 Å². The van der Waals surface area contributed by atoms with Crippen LogP contribution in [0.2, 0.25) is 37.5 Å². The van der Waals surface area contributed by atoms with Gasteiger partial charge in [-0.2, -0.15) is 0 Å². The number of carbonyl (C=O) groups excluding carboxylic acids is 2. The molecule has 0 heterocycles. The van der Waals surface area contributed by atoms with Crippen LogP contribution in [0.1, 0.15) is 221 Å². The van der Waals surface area contributed by atoms with Crippen LogP contribution in [0.25, 0.3) is 0 Å². The van der Waals surface area contributed by atoms with Crippen LogP contribution < -0.4 is 0 Å². The number of rotatable bonds is 44. The molecular weight excluding hydrogens is 1590 g/mol. The van der Waals surface area contributed by atoms with E-state index in [9.17, 15) is 9.59 Å². The Kier molecular flexibility index (Phi) is 94.7. The van der Waals surface area contributed by atoms with E-state index in [-0.39, 0.29) is 78.4 Å². The molecule has 0 aliphatic rings. The van der Waals surface area contributed by atoms with Gasteiger partial charge in [0.05, 0.1) is 0 Å². The monoisotopic (exact) mass is 1710 g/mol. The molecule has 5 nitrogen and oxygen atoms in total. The maximum Gasteiger partial charge on any atom is -0.813 e. The molecule has 18 heteroatoms. The molecule has 0 aromatic carbocycles. The van der Waals surface area contributed by atoms with Crippen molar-refractivity contribution in [2.24, 2.45) is 0 Å². The molecule has 0 aromatic heterocycles. The molecule has 66 heavy (non-hydrogen) atoms. The number of carbonyl (C=O) groups is 2. The van der Waals surface area contributed by atoms with Crippen LogP contribution in [0, 0.1) is 0 Å². The Morgan fingerprint density at radius 2 is 0.697 bits per heavy atom. The van der Waals surface area contributed by atoms with Crippen molar-refractivity contribution in [1.29, 1.82) is 0 Å². The number of thiol groups is 2. The molecule has 0 amide bonds. The molecule has 0 aliphatic heterocycles. The van der Waals surface area contributed by atoms with Crippen LogP contribution >= 0.6 is 42.6 Å². The summed E-state index contributed by atoms with van der Waals surface area (Å²) >= 11 is -6.61. The average molecular weight is 1700 g/mol. The zero-order valence-electron chi connectivity index (χ0n) is 44.7. The van der Waals surface area contributed by atoms with Crippen molar-refractivity contribution >= 4 is 194 Å². The molecule has 0 spiro atoms. The molecule has 0 fully saturated rings. The summed E-state index contributed by atoms with van der Waals surface area (Å²) in [5, 5.41) is 0. The smallest absolute Gasteiger partial charge is 0.813 e. The third kappa shape index (κ3) is 81.2. The van der Waals surface area contributed by atoms with Crippen LogP contribution in [0.4, 0.5) is 0 Å². The Balaban J connectivity index is -0.000000216. The molecule has 0 aromatic rings. The van der Waals surface area contributed by atoms with Crippen molar-refractivity contribution in [3.8, 4) is 0 Å². The molecule has 0 bridgehead atoms. The Labute approximate surface area is 490 Å². The van der Waals surface area contributed by atoms with Gasteiger partial charge in [-0.3, -0.25) is 0 Å². The summed E-state index contributed by atoms with van der Waals surface area (Å²) in [4.78, 5) is 32.9. The van der Waals surface area contributed by atoms with Crippen molar-refractivity contribution < 1.29 is 20.5 Å². The first-order valence-corrected chi connectivity index (χ1v) is 77.4. The Morgan fingerprint density at radius 1 is 0.439 bits per heavy atom. The predicted octanol–water partition coefficient (Wildman–Crippen LogP) is 16.6. The molecule has 2 unspecified atom stereocenters. The van der Waals surface area contributed by atoms with Gasteiger partial charge in [0.15, 0.2) is 0 Å². The number of ether oxygens (including phenoxy) is 2. The van der Waals surface area contributed by atoms with Crippen molar-refractivity contribution in [2.75, 3.05) is 24.7 Å². The molecule has 0 saturated carbocycles. The summed E-state index contributed by atoms with van der Waals surface area (Å²) in [6, 6.07) is 0. The van der Waals surface area contributed by atoms with E-state index in [1.54, 1.807) is 17.9 Å². The second-order valence-corrected chi connectivity index (χ2v) is 92.0. The molecule has 0 saturated heterocycles. The van der Waals surface area contributed by atoms with E-state index >= 15 is 0 Å². The van der Waals surface area contributed by atoms with Crippen LogP contribution in [0.15, 0.2) is 0 Å². The van der Waals surface area contributed by atoms with E-state index in [1.807, 2.05) is 0 Å². The van der Waals surface area contributed by atoms with E-state index in [0.29, 0.717) is 24.7 Å². The Hall–Kier alpha value is 5.88. The molecule has 2 atom stereocenters. The van der Waals surface area contributed by atoms with Gasteiger partial charge in [0.2, 0.25) is 0 Å². The number of hydrogen-bond donors (Lipinski definition) is 0. The minimum atomic E-state index is -2.16. The fourth-order valence-electron chi connectivity index (χ4n) is 6.28. The molecular formula is C48H108O5S7Sn6. The predicted molar refractivity (Wildman–Crippen MR) is 334 cm³/mol. The summed E-state index contributed by atoms with van der Waals surface area (Å²) in [5.74, 6) is 0.603. The minimum Gasteiger partial charge on any atom is -0.813 e. The normalized spacial score (nSPS) is 11.1. The molecule has 0 N–H and O–H groups in total. The van der Waals surface area contributed by atoms with Gasteiger partial charge < -0.3 is 27.0 Å². The SMILES string of the molecule is CCCCCCCCOC(=O)C[S][SnH]([CH3])[O][SnH]([CH3])[S]CC(=O)OCCCCCCCC.CCCCCCC[CH2][Sn](=[S])[CH2]CCCCCCC.CCC[CH2][Sn](=[S])[CH2]CCC.[CH3][SnH+][S][SnH+][CH3].[SH-].[SH-]. The van der Waals surface area contributed by atoms with Crippen LogP contribution in [-0.2, 0) is 47.5 Å². The van der Waals surface area contributed by atoms with Crippen LogP contribution in [0.5, 0.6) is 0 Å². The maximum absolute atomic E-state index is 11.9. The summed E-state index contributed by atoms with van der Waals surface area (Å²) in [7, 11) is 14.6. The topological polar surface area (TPSA) is 61.8 Å². The van der Waals surface area contributed by atoms with E-state index < -0.39 is 73.2 Å². The second kappa shape index (κ2) is 75.1. The first kappa shape index (κ1) is 83.2. The Morgan fingerprint density at radius 3 is 0.970 bits per heavy atom. The summed E-state index contributed by atoms with van der Waals surface area (Å²) < 4.78 is 22.8. The van der Waals surface area contributed by atoms with Crippen molar-refractivity contribution in [1.82, 2.24) is 0 Å². The number of hydrogen-bond acceptors (Lipinski definition) is 12. The fourth-order valence-corrected chi connectivity index (χ4v) is 85.6. The van der Waals surface area contributed by atoms with E-state index in [2.05, 4.69) is 67.4 Å². The van der Waals surface area contributed by atoms with Gasteiger partial charge >= 0.3 is 471 Å². The second-order valence-electron chi connectivity index (χ2n) is 16.8. The molecule has 0 radical (unpaired) electrons. The maximum atomic E-state index is 11.9. The van der Waals surface area contributed by atoms with E-state index in [1.165, 1.54) is 172 Å². The first-order valence-electron chi connectivity index (χ1n) is 26.5.